The van der Waals surface area contributed by atoms with Crippen molar-refractivity contribution in [1.82, 2.24) is 4.98 Å². The summed E-state index contributed by atoms with van der Waals surface area (Å²) in [5.41, 5.74) is 8.20. The molecular formula is C12H13N3O2S2. The van der Waals surface area contributed by atoms with Gasteiger partial charge < -0.3 is 11.1 Å². The second-order valence-corrected chi connectivity index (χ2v) is 7.71. The molecule has 0 fully saturated rings. The Bertz CT molecular complexity index is 778. The fourth-order valence-electron chi connectivity index (χ4n) is 2.10. The summed E-state index contributed by atoms with van der Waals surface area (Å²) in [6, 6.07) is 3.51. The third-order valence-corrected chi connectivity index (χ3v) is 5.27. The maximum absolute atomic E-state index is 11.4. The van der Waals surface area contributed by atoms with Gasteiger partial charge in [-0.25, -0.2) is 13.4 Å². The average Bonchev–Trinajstić information content (AvgIpc) is 2.81. The fourth-order valence-corrected chi connectivity index (χ4v) is 4.19. The Morgan fingerprint density at radius 3 is 2.95 bits per heavy atom. The van der Waals surface area contributed by atoms with Gasteiger partial charge in [0.05, 0.1) is 38.4 Å². The Hall–Kier alpha value is -1.60. The number of thiazole rings is 1. The Morgan fingerprint density at radius 2 is 2.26 bits per heavy atom. The number of rotatable bonds is 2. The number of hydrogen-bond donors (Lipinski definition) is 2. The number of nitrogens with two attached hydrogens (primary N) is 1. The molecule has 3 N–H and O–H groups in total. The lowest BCUT2D eigenvalue weighted by molar-refractivity contribution is 0.605. The van der Waals surface area contributed by atoms with E-state index in [4.69, 9.17) is 5.73 Å². The van der Waals surface area contributed by atoms with E-state index in [1.165, 1.54) is 5.41 Å². The van der Waals surface area contributed by atoms with E-state index in [2.05, 4.69) is 10.3 Å². The minimum absolute atomic E-state index is 0.0700. The van der Waals surface area contributed by atoms with Crippen molar-refractivity contribution in [3.63, 3.8) is 0 Å². The molecule has 1 aromatic heterocycles. The Balaban J connectivity index is 1.93. The van der Waals surface area contributed by atoms with Gasteiger partial charge in [0.25, 0.3) is 0 Å². The molecule has 0 aliphatic carbocycles. The Morgan fingerprint density at radius 1 is 1.47 bits per heavy atom. The molecule has 7 heteroatoms. The molecule has 1 atom stereocenters. The van der Waals surface area contributed by atoms with Crippen LogP contribution in [0.2, 0.25) is 0 Å². The van der Waals surface area contributed by atoms with E-state index in [9.17, 15) is 8.42 Å². The van der Waals surface area contributed by atoms with E-state index in [0.717, 1.165) is 20.9 Å². The number of hydrogen-bond acceptors (Lipinski definition) is 6. The van der Waals surface area contributed by atoms with E-state index in [0.29, 0.717) is 5.69 Å². The van der Waals surface area contributed by atoms with Crippen LogP contribution in [0, 0.1) is 6.92 Å². The first-order valence-corrected chi connectivity index (χ1v) is 8.30. The fraction of sp³-hybridized carbons (Fsp3) is 0.250. The van der Waals surface area contributed by atoms with Crippen LogP contribution in [0.1, 0.15) is 5.01 Å². The predicted molar refractivity (Wildman–Crippen MR) is 79.1 cm³/mol. The summed E-state index contributed by atoms with van der Waals surface area (Å²) in [5.74, 6) is 0.0700. The van der Waals surface area contributed by atoms with Gasteiger partial charge in [-0.05, 0) is 19.1 Å². The van der Waals surface area contributed by atoms with Crippen LogP contribution in [0.15, 0.2) is 23.6 Å². The summed E-state index contributed by atoms with van der Waals surface area (Å²) >= 11 is 1.59. The van der Waals surface area contributed by atoms with Crippen LogP contribution >= 0.6 is 11.3 Å². The van der Waals surface area contributed by atoms with Gasteiger partial charge in [0, 0.05) is 5.41 Å². The van der Waals surface area contributed by atoms with Crippen LogP contribution in [0.3, 0.4) is 0 Å². The van der Waals surface area contributed by atoms with Gasteiger partial charge in [-0.1, -0.05) is 6.08 Å². The molecule has 2 heterocycles. The molecule has 100 valence electrons. The highest BCUT2D eigenvalue weighted by atomic mass is 32.2. The highest BCUT2D eigenvalue weighted by molar-refractivity contribution is 7.94. The highest BCUT2D eigenvalue weighted by Gasteiger charge is 2.22. The van der Waals surface area contributed by atoms with Crippen molar-refractivity contribution in [3.05, 3.63) is 28.6 Å². The van der Waals surface area contributed by atoms with E-state index in [1.54, 1.807) is 17.4 Å². The largest absolute Gasteiger partial charge is 0.397 e. The molecule has 1 aliphatic heterocycles. The van der Waals surface area contributed by atoms with Crippen molar-refractivity contribution in [2.24, 2.45) is 0 Å². The first kappa shape index (κ1) is 12.4. The standard InChI is InChI=1S/C12H13N3O2S2/c1-7-14-11-5-10(9(13)4-12(11)18-7)15-8-2-3-19(16,17)6-8/h2-5,8,15H,6,13H2,1H3. The monoisotopic (exact) mass is 295 g/mol. The summed E-state index contributed by atoms with van der Waals surface area (Å²) in [5, 5.41) is 5.36. The molecule has 0 saturated heterocycles. The normalized spacial score (nSPS) is 21.0. The SMILES string of the molecule is Cc1nc2cc(NC3C=CS(=O)(=O)C3)c(N)cc2s1. The van der Waals surface area contributed by atoms with Crippen LogP contribution < -0.4 is 11.1 Å². The van der Waals surface area contributed by atoms with E-state index in [-0.39, 0.29) is 11.8 Å². The molecule has 3 rings (SSSR count). The molecule has 1 unspecified atom stereocenters. The molecule has 0 bridgehead atoms. The molecular weight excluding hydrogens is 282 g/mol. The number of aryl methyl sites for hydroxylation is 1. The minimum Gasteiger partial charge on any atom is -0.397 e. The minimum atomic E-state index is -3.06. The van der Waals surface area contributed by atoms with Crippen molar-refractivity contribution in [2.75, 3.05) is 16.8 Å². The van der Waals surface area contributed by atoms with Crippen molar-refractivity contribution in [1.29, 1.82) is 0 Å². The van der Waals surface area contributed by atoms with Gasteiger partial charge in [-0.3, -0.25) is 0 Å². The summed E-state index contributed by atoms with van der Waals surface area (Å²) in [7, 11) is -3.06. The van der Waals surface area contributed by atoms with E-state index < -0.39 is 9.84 Å². The van der Waals surface area contributed by atoms with Gasteiger partial charge in [-0.15, -0.1) is 11.3 Å². The van der Waals surface area contributed by atoms with Gasteiger partial charge in [-0.2, -0.15) is 0 Å². The third kappa shape index (κ3) is 2.43. The lowest BCUT2D eigenvalue weighted by Crippen LogP contribution is -2.21. The first-order valence-electron chi connectivity index (χ1n) is 5.77. The number of fused-ring (bicyclic) bond motifs is 1. The van der Waals surface area contributed by atoms with Crippen LogP contribution in [0.4, 0.5) is 11.4 Å². The second kappa shape index (κ2) is 4.21. The third-order valence-electron chi connectivity index (χ3n) is 2.94. The Labute approximate surface area is 115 Å². The van der Waals surface area contributed by atoms with Crippen LogP contribution in [0.25, 0.3) is 10.2 Å². The summed E-state index contributed by atoms with van der Waals surface area (Å²) < 4.78 is 23.8. The van der Waals surface area contributed by atoms with Crippen LogP contribution in [0.5, 0.6) is 0 Å². The smallest absolute Gasteiger partial charge is 0.173 e. The summed E-state index contributed by atoms with van der Waals surface area (Å²) in [6.45, 7) is 1.94. The predicted octanol–water partition coefficient (Wildman–Crippen LogP) is 1.91. The van der Waals surface area contributed by atoms with Gasteiger partial charge in [0.15, 0.2) is 9.84 Å². The molecule has 1 aromatic carbocycles. The Kier molecular flexibility index (Phi) is 2.75. The van der Waals surface area contributed by atoms with Crippen molar-refractivity contribution in [2.45, 2.75) is 13.0 Å². The number of aromatic nitrogens is 1. The topological polar surface area (TPSA) is 85.1 Å². The highest BCUT2D eigenvalue weighted by Crippen LogP contribution is 2.30. The molecule has 0 saturated carbocycles. The number of nitrogens with one attached hydrogen (secondary N) is 1. The number of sulfone groups is 1. The quantitative estimate of drug-likeness (QED) is 0.827. The van der Waals surface area contributed by atoms with Gasteiger partial charge >= 0.3 is 0 Å². The van der Waals surface area contributed by atoms with Crippen LogP contribution in [-0.4, -0.2) is 25.2 Å². The summed E-state index contributed by atoms with van der Waals surface area (Å²) in [6.07, 6.45) is 1.64. The lowest BCUT2D eigenvalue weighted by Gasteiger charge is -2.13. The maximum Gasteiger partial charge on any atom is 0.173 e. The molecule has 0 amide bonds. The second-order valence-electron chi connectivity index (χ2n) is 4.55. The zero-order valence-corrected chi connectivity index (χ0v) is 11.9. The molecule has 0 radical (unpaired) electrons. The van der Waals surface area contributed by atoms with Crippen LogP contribution in [-0.2, 0) is 9.84 Å². The molecule has 1 aliphatic rings. The van der Waals surface area contributed by atoms with E-state index >= 15 is 0 Å². The number of anilines is 2. The average molecular weight is 295 g/mol. The maximum atomic E-state index is 11.4. The molecule has 2 aromatic rings. The van der Waals surface area contributed by atoms with Gasteiger partial charge in [0.2, 0.25) is 0 Å². The first-order chi connectivity index (χ1) is 8.93. The van der Waals surface area contributed by atoms with Gasteiger partial charge in [0.1, 0.15) is 0 Å². The van der Waals surface area contributed by atoms with Crippen molar-refractivity contribution in [3.8, 4) is 0 Å². The molecule has 0 spiro atoms. The lowest BCUT2D eigenvalue weighted by atomic mass is 10.2. The number of nitrogen functional groups attached to an aromatic ring is 1. The number of nitrogens with zero attached hydrogens (tertiary/aromatic N) is 1. The molecule has 19 heavy (non-hydrogen) atoms. The zero-order chi connectivity index (χ0) is 13.6. The van der Waals surface area contributed by atoms with E-state index in [1.807, 2.05) is 19.1 Å². The van der Waals surface area contributed by atoms with Crippen molar-refractivity contribution >= 4 is 42.8 Å². The zero-order valence-electron chi connectivity index (χ0n) is 10.3. The molecule has 5 nitrogen and oxygen atoms in total. The van der Waals surface area contributed by atoms with Crippen molar-refractivity contribution < 1.29 is 8.42 Å². The summed E-state index contributed by atoms with van der Waals surface area (Å²) in [4.78, 5) is 4.40. The number of benzene rings is 1.